The van der Waals surface area contributed by atoms with Crippen LogP contribution in [0, 0.1) is 0 Å². The molecule has 0 saturated heterocycles. The second kappa shape index (κ2) is 6.05. The quantitative estimate of drug-likeness (QED) is 0.915. The zero-order valence-corrected chi connectivity index (χ0v) is 11.6. The zero-order valence-electron chi connectivity index (χ0n) is 11.6. The van der Waals surface area contributed by atoms with Gasteiger partial charge < -0.3 is 10.3 Å². The molecule has 1 aromatic heterocycles. The van der Waals surface area contributed by atoms with E-state index in [4.69, 9.17) is 0 Å². The monoisotopic (exact) mass is 310 g/mol. The van der Waals surface area contributed by atoms with Crippen LogP contribution in [0.3, 0.4) is 0 Å². The number of hydrogen-bond acceptors (Lipinski definition) is 2. The standard InChI is InChI=1S/C15H13F3N2O2/c1-9(10-2-5-12(6-3-10)15(16,17)18)20-14(22)11-4-7-13(21)19-8-11/h2-9H,1H3,(H,19,21)(H,20,22). The molecule has 0 aliphatic rings. The van der Waals surface area contributed by atoms with Crippen LogP contribution < -0.4 is 10.9 Å². The van der Waals surface area contributed by atoms with Crippen molar-refractivity contribution in [1.29, 1.82) is 0 Å². The predicted octanol–water partition coefficient (Wildman–Crippen LogP) is 2.88. The van der Waals surface area contributed by atoms with Gasteiger partial charge in [-0.1, -0.05) is 12.1 Å². The fourth-order valence-corrected chi connectivity index (χ4v) is 1.88. The molecule has 1 aromatic carbocycles. The second-order valence-corrected chi connectivity index (χ2v) is 4.76. The van der Waals surface area contributed by atoms with Crippen LogP contribution in [0.5, 0.6) is 0 Å². The number of aromatic amines is 1. The number of hydrogen-bond donors (Lipinski definition) is 2. The molecule has 1 heterocycles. The minimum atomic E-state index is -4.39. The van der Waals surface area contributed by atoms with Crippen LogP contribution in [0.1, 0.15) is 34.5 Å². The van der Waals surface area contributed by atoms with E-state index < -0.39 is 23.7 Å². The predicted molar refractivity (Wildman–Crippen MR) is 74.4 cm³/mol. The molecule has 22 heavy (non-hydrogen) atoms. The first-order valence-corrected chi connectivity index (χ1v) is 6.44. The number of pyridine rings is 1. The molecule has 0 aliphatic carbocycles. The molecule has 4 nitrogen and oxygen atoms in total. The van der Waals surface area contributed by atoms with Gasteiger partial charge in [-0.05, 0) is 30.7 Å². The van der Waals surface area contributed by atoms with Gasteiger partial charge in [0.2, 0.25) is 5.56 Å². The van der Waals surface area contributed by atoms with Crippen molar-refractivity contribution >= 4 is 5.91 Å². The molecule has 2 N–H and O–H groups in total. The van der Waals surface area contributed by atoms with E-state index in [0.717, 1.165) is 12.1 Å². The lowest BCUT2D eigenvalue weighted by atomic mass is 10.1. The average molecular weight is 310 g/mol. The van der Waals surface area contributed by atoms with Crippen LogP contribution >= 0.6 is 0 Å². The van der Waals surface area contributed by atoms with E-state index in [2.05, 4.69) is 10.3 Å². The van der Waals surface area contributed by atoms with E-state index in [-0.39, 0.29) is 11.1 Å². The van der Waals surface area contributed by atoms with Gasteiger partial charge >= 0.3 is 6.18 Å². The maximum atomic E-state index is 12.5. The first-order valence-electron chi connectivity index (χ1n) is 6.44. The van der Waals surface area contributed by atoms with Crippen LogP contribution in [0.2, 0.25) is 0 Å². The molecule has 0 fully saturated rings. The average Bonchev–Trinajstić information content (AvgIpc) is 2.47. The molecule has 2 aromatic rings. The topological polar surface area (TPSA) is 62.0 Å². The van der Waals surface area contributed by atoms with Gasteiger partial charge in [-0.3, -0.25) is 9.59 Å². The molecule has 0 aliphatic heterocycles. The van der Waals surface area contributed by atoms with E-state index in [9.17, 15) is 22.8 Å². The highest BCUT2D eigenvalue weighted by Crippen LogP contribution is 2.29. The third kappa shape index (κ3) is 3.75. The van der Waals surface area contributed by atoms with Crippen LogP contribution in [-0.2, 0) is 6.18 Å². The third-order valence-electron chi connectivity index (χ3n) is 3.13. The lowest BCUT2D eigenvalue weighted by Gasteiger charge is -2.15. The molecular formula is C15H13F3N2O2. The molecule has 0 saturated carbocycles. The van der Waals surface area contributed by atoms with Crippen molar-refractivity contribution in [2.45, 2.75) is 19.1 Å². The number of carbonyl (C=O) groups excluding carboxylic acids is 1. The number of H-pyrrole nitrogens is 1. The summed E-state index contributed by atoms with van der Waals surface area (Å²) in [4.78, 5) is 25.3. The number of nitrogens with one attached hydrogen (secondary N) is 2. The highest BCUT2D eigenvalue weighted by atomic mass is 19.4. The summed E-state index contributed by atoms with van der Waals surface area (Å²) in [5, 5.41) is 2.65. The lowest BCUT2D eigenvalue weighted by molar-refractivity contribution is -0.137. The first kappa shape index (κ1) is 15.8. The number of benzene rings is 1. The molecule has 1 atom stereocenters. The van der Waals surface area contributed by atoms with Crippen molar-refractivity contribution in [2.24, 2.45) is 0 Å². The Morgan fingerprint density at radius 1 is 1.14 bits per heavy atom. The Hall–Kier alpha value is -2.57. The third-order valence-corrected chi connectivity index (χ3v) is 3.13. The zero-order chi connectivity index (χ0) is 16.3. The lowest BCUT2D eigenvalue weighted by Crippen LogP contribution is -2.27. The van der Waals surface area contributed by atoms with E-state index in [1.54, 1.807) is 6.92 Å². The van der Waals surface area contributed by atoms with Gasteiger partial charge in [0, 0.05) is 12.3 Å². The number of amides is 1. The summed E-state index contributed by atoms with van der Waals surface area (Å²) >= 11 is 0. The summed E-state index contributed by atoms with van der Waals surface area (Å²) in [5.41, 5.74) is -0.258. The molecule has 7 heteroatoms. The largest absolute Gasteiger partial charge is 0.416 e. The van der Waals surface area contributed by atoms with E-state index in [1.807, 2.05) is 0 Å². The minimum absolute atomic E-state index is 0.262. The number of aromatic nitrogens is 1. The van der Waals surface area contributed by atoms with Gasteiger partial charge in [-0.2, -0.15) is 13.2 Å². The van der Waals surface area contributed by atoms with Crippen molar-refractivity contribution < 1.29 is 18.0 Å². The summed E-state index contributed by atoms with van der Waals surface area (Å²) in [6.45, 7) is 1.66. The van der Waals surface area contributed by atoms with Crippen molar-refractivity contribution in [3.05, 3.63) is 69.6 Å². The number of halogens is 3. The highest BCUT2D eigenvalue weighted by Gasteiger charge is 2.30. The van der Waals surface area contributed by atoms with Gasteiger partial charge in [0.25, 0.3) is 5.91 Å². The van der Waals surface area contributed by atoms with Gasteiger partial charge in [0.1, 0.15) is 0 Å². The van der Waals surface area contributed by atoms with Gasteiger partial charge in [-0.25, -0.2) is 0 Å². The van der Waals surface area contributed by atoms with E-state index >= 15 is 0 Å². The van der Waals surface area contributed by atoms with Crippen molar-refractivity contribution in [3.63, 3.8) is 0 Å². The van der Waals surface area contributed by atoms with Crippen molar-refractivity contribution in [1.82, 2.24) is 10.3 Å². The Morgan fingerprint density at radius 3 is 2.27 bits per heavy atom. The molecule has 0 radical (unpaired) electrons. The van der Waals surface area contributed by atoms with Gasteiger partial charge in [-0.15, -0.1) is 0 Å². The van der Waals surface area contributed by atoms with Crippen LogP contribution in [0.4, 0.5) is 13.2 Å². The molecule has 1 unspecified atom stereocenters. The molecule has 0 spiro atoms. The summed E-state index contributed by atoms with van der Waals surface area (Å²) < 4.78 is 37.5. The Balaban J connectivity index is 2.08. The molecular weight excluding hydrogens is 297 g/mol. The normalized spacial score (nSPS) is 12.7. The van der Waals surface area contributed by atoms with Crippen molar-refractivity contribution in [2.75, 3.05) is 0 Å². The molecule has 1 amide bonds. The van der Waals surface area contributed by atoms with Crippen LogP contribution in [0.25, 0.3) is 0 Å². The van der Waals surface area contributed by atoms with Crippen LogP contribution in [0.15, 0.2) is 47.4 Å². The Bertz CT molecular complexity index is 700. The Kier molecular flexibility index (Phi) is 4.35. The maximum absolute atomic E-state index is 12.5. The fourth-order valence-electron chi connectivity index (χ4n) is 1.88. The summed E-state index contributed by atoms with van der Waals surface area (Å²) in [6.07, 6.45) is -3.11. The fraction of sp³-hybridized carbons (Fsp3) is 0.200. The summed E-state index contributed by atoms with van der Waals surface area (Å²) in [5.74, 6) is -0.427. The first-order chi connectivity index (χ1) is 10.3. The molecule has 0 bridgehead atoms. The number of rotatable bonds is 3. The minimum Gasteiger partial charge on any atom is -0.345 e. The maximum Gasteiger partial charge on any atom is 0.416 e. The highest BCUT2D eigenvalue weighted by molar-refractivity contribution is 5.94. The van der Waals surface area contributed by atoms with E-state index in [1.165, 1.54) is 30.5 Å². The summed E-state index contributed by atoms with van der Waals surface area (Å²) in [7, 11) is 0. The van der Waals surface area contributed by atoms with Gasteiger partial charge in [0.05, 0.1) is 17.2 Å². The molecule has 2 rings (SSSR count). The summed E-state index contributed by atoms with van der Waals surface area (Å²) in [6, 6.07) is 6.70. The van der Waals surface area contributed by atoms with Gasteiger partial charge in [0.15, 0.2) is 0 Å². The number of carbonyl (C=O) groups is 1. The Morgan fingerprint density at radius 2 is 1.77 bits per heavy atom. The Labute approximate surface area is 124 Å². The van der Waals surface area contributed by atoms with Crippen molar-refractivity contribution in [3.8, 4) is 0 Å². The SMILES string of the molecule is CC(NC(=O)c1ccc(=O)[nH]c1)c1ccc(C(F)(F)F)cc1. The molecule has 116 valence electrons. The smallest absolute Gasteiger partial charge is 0.345 e. The van der Waals surface area contributed by atoms with Crippen LogP contribution in [-0.4, -0.2) is 10.9 Å². The second-order valence-electron chi connectivity index (χ2n) is 4.76. The van der Waals surface area contributed by atoms with E-state index in [0.29, 0.717) is 5.56 Å². The number of alkyl halides is 3.